The molecule has 1 unspecified atom stereocenters. The summed E-state index contributed by atoms with van der Waals surface area (Å²) < 4.78 is 3.87. The lowest BCUT2D eigenvalue weighted by Crippen LogP contribution is -2.19. The minimum atomic E-state index is -0.256. The van der Waals surface area contributed by atoms with Crippen molar-refractivity contribution in [3.63, 3.8) is 0 Å². The molecule has 0 spiro atoms. The third kappa shape index (κ3) is 3.15. The molecule has 0 amide bonds. The lowest BCUT2D eigenvalue weighted by atomic mass is 10.0. The van der Waals surface area contributed by atoms with Gasteiger partial charge in [-0.05, 0) is 70.1 Å². The first-order valence-electron chi connectivity index (χ1n) is 5.85. The van der Waals surface area contributed by atoms with Crippen molar-refractivity contribution in [3.05, 3.63) is 48.7 Å². The van der Waals surface area contributed by atoms with E-state index in [0.717, 1.165) is 24.3 Å². The molecule has 0 radical (unpaired) electrons. The van der Waals surface area contributed by atoms with Crippen LogP contribution in [0.15, 0.2) is 28.9 Å². The normalized spacial score (nSPS) is 13.0. The van der Waals surface area contributed by atoms with E-state index >= 15 is 0 Å². The molecule has 19 heavy (non-hydrogen) atoms. The molecule has 2 aromatic rings. The van der Waals surface area contributed by atoms with Gasteiger partial charge in [0.1, 0.15) is 0 Å². The van der Waals surface area contributed by atoms with Gasteiger partial charge in [0.15, 0.2) is 0 Å². The van der Waals surface area contributed by atoms with Crippen molar-refractivity contribution >= 4 is 50.1 Å². The Balaban J connectivity index is 2.46. The van der Waals surface area contributed by atoms with Crippen LogP contribution in [0.5, 0.6) is 0 Å². The Morgan fingerprint density at radius 1 is 1.42 bits per heavy atom. The number of halogens is 3. The molecule has 0 saturated heterocycles. The molecule has 0 aliphatic heterocycles. The molecule has 102 valence electrons. The zero-order valence-corrected chi connectivity index (χ0v) is 15.1. The van der Waals surface area contributed by atoms with Gasteiger partial charge in [-0.15, -0.1) is 0 Å². The Labute approximate surface area is 139 Å². The van der Waals surface area contributed by atoms with E-state index in [2.05, 4.69) is 57.5 Å². The summed E-state index contributed by atoms with van der Waals surface area (Å²) in [5, 5.41) is 5.08. The van der Waals surface area contributed by atoms with Crippen molar-refractivity contribution in [2.45, 2.75) is 25.9 Å². The molecule has 3 nitrogen and oxygen atoms in total. The summed E-state index contributed by atoms with van der Waals surface area (Å²) in [6.45, 7) is 4.16. The Morgan fingerprint density at radius 2 is 2.11 bits per heavy atom. The number of rotatable bonds is 3. The highest BCUT2D eigenvalue weighted by molar-refractivity contribution is 14.1. The molecule has 2 N–H and O–H groups in total. The Hall–Kier alpha value is -0.110. The second-order valence-corrected chi connectivity index (χ2v) is 6.99. The number of nitrogens with two attached hydrogens (primary N) is 1. The number of benzene rings is 1. The summed E-state index contributed by atoms with van der Waals surface area (Å²) in [5.74, 6) is 0. The van der Waals surface area contributed by atoms with E-state index in [-0.39, 0.29) is 12.1 Å². The zero-order chi connectivity index (χ0) is 14.2. The van der Waals surface area contributed by atoms with Gasteiger partial charge >= 0.3 is 0 Å². The third-order valence-corrected chi connectivity index (χ3v) is 5.06. The van der Waals surface area contributed by atoms with Gasteiger partial charge in [0.25, 0.3) is 0 Å². The standard InChI is InChI=1S/C13H14BrClIN3/c1-7(2)19-13(9(14)6-18-19)12(17)8-3-4-11(16)10(15)5-8/h3-7,12H,17H2,1-2H3. The molecule has 1 atom stereocenters. The quantitative estimate of drug-likeness (QED) is 0.693. The van der Waals surface area contributed by atoms with Crippen LogP contribution in [0.25, 0.3) is 0 Å². The summed E-state index contributed by atoms with van der Waals surface area (Å²) in [4.78, 5) is 0. The van der Waals surface area contributed by atoms with Crippen LogP contribution in [0.3, 0.4) is 0 Å². The SMILES string of the molecule is CC(C)n1ncc(Br)c1C(N)c1ccc(I)c(Cl)c1. The minimum absolute atomic E-state index is 0.256. The van der Waals surface area contributed by atoms with Gasteiger partial charge in [0.05, 0.1) is 27.4 Å². The molecule has 0 bridgehead atoms. The molecule has 0 aliphatic rings. The monoisotopic (exact) mass is 453 g/mol. The van der Waals surface area contributed by atoms with Crippen molar-refractivity contribution in [2.75, 3.05) is 0 Å². The van der Waals surface area contributed by atoms with Crippen LogP contribution >= 0.6 is 50.1 Å². The van der Waals surface area contributed by atoms with E-state index < -0.39 is 0 Å². The maximum absolute atomic E-state index is 6.37. The fourth-order valence-electron chi connectivity index (χ4n) is 1.92. The summed E-state index contributed by atoms with van der Waals surface area (Å²) in [7, 11) is 0. The largest absolute Gasteiger partial charge is 0.319 e. The van der Waals surface area contributed by atoms with Crippen LogP contribution in [0, 0.1) is 3.57 Å². The van der Waals surface area contributed by atoms with Crippen LogP contribution in [0.2, 0.25) is 5.02 Å². The van der Waals surface area contributed by atoms with Crippen molar-refractivity contribution in [2.24, 2.45) is 5.73 Å². The maximum atomic E-state index is 6.37. The number of nitrogens with zero attached hydrogens (tertiary/aromatic N) is 2. The highest BCUT2D eigenvalue weighted by atomic mass is 127. The molecular formula is C13H14BrClIN3. The fraction of sp³-hybridized carbons (Fsp3) is 0.308. The first kappa shape index (κ1) is 15.3. The molecule has 0 aliphatic carbocycles. The van der Waals surface area contributed by atoms with E-state index in [1.807, 2.05) is 22.9 Å². The predicted molar refractivity (Wildman–Crippen MR) is 90.5 cm³/mol. The van der Waals surface area contributed by atoms with E-state index in [1.54, 1.807) is 6.20 Å². The van der Waals surface area contributed by atoms with Gasteiger partial charge in [0.2, 0.25) is 0 Å². The van der Waals surface area contributed by atoms with E-state index in [0.29, 0.717) is 0 Å². The average Bonchev–Trinajstić information content (AvgIpc) is 2.74. The first-order valence-corrected chi connectivity index (χ1v) is 8.10. The summed E-state index contributed by atoms with van der Waals surface area (Å²) >= 11 is 11.9. The lowest BCUT2D eigenvalue weighted by molar-refractivity contribution is 0.498. The summed E-state index contributed by atoms with van der Waals surface area (Å²) in [5.41, 5.74) is 8.31. The fourth-order valence-corrected chi connectivity index (χ4v) is 2.96. The van der Waals surface area contributed by atoms with Crippen molar-refractivity contribution in [1.29, 1.82) is 0 Å². The highest BCUT2D eigenvalue weighted by Crippen LogP contribution is 2.31. The van der Waals surface area contributed by atoms with Crippen LogP contribution in [0.1, 0.15) is 37.2 Å². The smallest absolute Gasteiger partial charge is 0.0742 e. The van der Waals surface area contributed by atoms with Gasteiger partial charge in [-0.3, -0.25) is 4.68 Å². The summed E-state index contributed by atoms with van der Waals surface area (Å²) in [6.07, 6.45) is 1.78. The minimum Gasteiger partial charge on any atom is -0.319 e. The molecule has 2 rings (SSSR count). The van der Waals surface area contributed by atoms with E-state index in [4.69, 9.17) is 17.3 Å². The van der Waals surface area contributed by atoms with E-state index in [1.165, 1.54) is 0 Å². The van der Waals surface area contributed by atoms with Crippen molar-refractivity contribution in [1.82, 2.24) is 9.78 Å². The van der Waals surface area contributed by atoms with Crippen molar-refractivity contribution < 1.29 is 0 Å². The van der Waals surface area contributed by atoms with E-state index in [9.17, 15) is 0 Å². The molecule has 1 aromatic carbocycles. The Bertz CT molecular complexity index is 598. The Kier molecular flexibility index (Phi) is 4.92. The molecule has 0 saturated carbocycles. The van der Waals surface area contributed by atoms with Gasteiger partial charge in [0, 0.05) is 9.61 Å². The molecule has 0 fully saturated rings. The molecule has 1 aromatic heterocycles. The van der Waals surface area contributed by atoms with Gasteiger partial charge < -0.3 is 5.73 Å². The van der Waals surface area contributed by atoms with Crippen molar-refractivity contribution in [3.8, 4) is 0 Å². The highest BCUT2D eigenvalue weighted by Gasteiger charge is 2.20. The number of hydrogen-bond acceptors (Lipinski definition) is 2. The first-order chi connectivity index (χ1) is 8.91. The second-order valence-electron chi connectivity index (χ2n) is 4.57. The van der Waals surface area contributed by atoms with Crippen LogP contribution in [0.4, 0.5) is 0 Å². The summed E-state index contributed by atoms with van der Waals surface area (Å²) in [6, 6.07) is 5.89. The number of hydrogen-bond donors (Lipinski definition) is 1. The van der Waals surface area contributed by atoms with Gasteiger partial charge in [-0.1, -0.05) is 17.7 Å². The predicted octanol–water partition coefficient (Wildman–Crippen LogP) is 4.53. The lowest BCUT2D eigenvalue weighted by Gasteiger charge is -2.18. The van der Waals surface area contributed by atoms with Gasteiger partial charge in [-0.25, -0.2) is 0 Å². The Morgan fingerprint density at radius 3 is 2.68 bits per heavy atom. The van der Waals surface area contributed by atoms with Gasteiger partial charge in [-0.2, -0.15) is 5.10 Å². The van der Waals surface area contributed by atoms with Crippen LogP contribution < -0.4 is 5.73 Å². The zero-order valence-electron chi connectivity index (χ0n) is 10.6. The van der Waals surface area contributed by atoms with Crippen LogP contribution in [-0.4, -0.2) is 9.78 Å². The average molecular weight is 455 g/mol. The maximum Gasteiger partial charge on any atom is 0.0742 e. The second kappa shape index (κ2) is 6.11. The number of aromatic nitrogens is 2. The van der Waals surface area contributed by atoms with Crippen LogP contribution in [-0.2, 0) is 0 Å². The molecule has 1 heterocycles. The topological polar surface area (TPSA) is 43.8 Å². The molecule has 6 heteroatoms. The molecular weight excluding hydrogens is 440 g/mol. The third-order valence-electron chi connectivity index (χ3n) is 2.87.